The molecule has 2 atom stereocenters. The third kappa shape index (κ3) is 5.05. The molecule has 0 unspecified atom stereocenters. The number of benzene rings is 2. The van der Waals surface area contributed by atoms with Crippen LogP contribution >= 0.6 is 0 Å². The van der Waals surface area contributed by atoms with Gasteiger partial charge in [-0.3, -0.25) is 14.2 Å². The van der Waals surface area contributed by atoms with Crippen molar-refractivity contribution in [3.8, 4) is 0 Å². The first-order valence-corrected chi connectivity index (χ1v) is 13.2. The van der Waals surface area contributed by atoms with Crippen LogP contribution in [-0.2, 0) is 20.6 Å². The van der Waals surface area contributed by atoms with Crippen LogP contribution in [0, 0.1) is 5.82 Å². The number of halogens is 1. The van der Waals surface area contributed by atoms with Gasteiger partial charge in [-0.25, -0.2) is 14.4 Å². The summed E-state index contributed by atoms with van der Waals surface area (Å²) in [5, 5.41) is 19.5. The molecular weight excluding hydrogens is 511 g/mol. The average Bonchev–Trinajstić information content (AvgIpc) is 3.50. The molecule has 1 saturated heterocycles. The number of rotatable bonds is 6. The number of aryl methyl sites for hydroxylation is 2. The van der Waals surface area contributed by atoms with Crippen molar-refractivity contribution in [1.29, 1.82) is 0 Å². The molecule has 206 valence electrons. The molecule has 40 heavy (non-hydrogen) atoms. The van der Waals surface area contributed by atoms with Crippen LogP contribution < -0.4 is 20.9 Å². The first-order valence-electron chi connectivity index (χ1n) is 13.2. The van der Waals surface area contributed by atoms with Crippen LogP contribution in [0.3, 0.4) is 0 Å². The highest BCUT2D eigenvalue weighted by Gasteiger charge is 2.25. The van der Waals surface area contributed by atoms with E-state index in [2.05, 4.69) is 49.9 Å². The van der Waals surface area contributed by atoms with Gasteiger partial charge in [-0.05, 0) is 44.2 Å². The zero-order valence-corrected chi connectivity index (χ0v) is 22.8. The van der Waals surface area contributed by atoms with Crippen molar-refractivity contribution in [2.75, 3.05) is 28.6 Å². The van der Waals surface area contributed by atoms with Crippen molar-refractivity contribution in [2.24, 2.45) is 14.1 Å². The second-order valence-electron chi connectivity index (χ2n) is 10.4. The Balaban J connectivity index is 1.37. The number of carbonyl (C=O) groups is 1. The van der Waals surface area contributed by atoms with Gasteiger partial charge in [-0.15, -0.1) is 0 Å². The van der Waals surface area contributed by atoms with Crippen molar-refractivity contribution in [3.05, 3.63) is 66.0 Å². The smallest absolute Gasteiger partial charge is 0.257 e. The quantitative estimate of drug-likeness (QED) is 0.299. The minimum absolute atomic E-state index is 0.256. The van der Waals surface area contributed by atoms with Crippen molar-refractivity contribution in [2.45, 2.75) is 32.5 Å². The largest absolute Gasteiger partial charge is 0.368 e. The summed E-state index contributed by atoms with van der Waals surface area (Å²) in [6, 6.07) is 9.23. The van der Waals surface area contributed by atoms with Crippen molar-refractivity contribution >= 4 is 45.0 Å². The van der Waals surface area contributed by atoms with Gasteiger partial charge >= 0.3 is 0 Å². The third-order valence-electron chi connectivity index (χ3n) is 7.00. The lowest BCUT2D eigenvalue weighted by atomic mass is 10.0. The van der Waals surface area contributed by atoms with Crippen LogP contribution in [0.5, 0.6) is 0 Å². The molecule has 0 aliphatic carbocycles. The Morgan fingerprint density at radius 2 is 1.88 bits per heavy atom. The molecule has 1 amide bonds. The van der Waals surface area contributed by atoms with Crippen LogP contribution in [0.1, 0.15) is 29.9 Å². The SMILES string of the molecule is C[C@@H]1CN(c2ccc(C(=O)Nc3cc(F)c4nn(C)cc4c3)c3nc(NCc4ccn(C)n4)ncc23)C[C@H](C)N1. The van der Waals surface area contributed by atoms with Gasteiger partial charge in [0.05, 0.1) is 23.3 Å². The van der Waals surface area contributed by atoms with E-state index < -0.39 is 11.7 Å². The van der Waals surface area contributed by atoms with E-state index in [1.165, 1.54) is 6.07 Å². The molecule has 0 bridgehead atoms. The summed E-state index contributed by atoms with van der Waals surface area (Å²) in [7, 11) is 3.59. The van der Waals surface area contributed by atoms with Crippen LogP contribution in [0.2, 0.25) is 0 Å². The van der Waals surface area contributed by atoms with Gasteiger partial charge in [-0.2, -0.15) is 10.2 Å². The topological polar surface area (TPSA) is 118 Å². The highest BCUT2D eigenvalue weighted by molar-refractivity contribution is 6.14. The Morgan fingerprint density at radius 3 is 2.62 bits per heavy atom. The summed E-state index contributed by atoms with van der Waals surface area (Å²) in [5.74, 6) is -0.510. The van der Waals surface area contributed by atoms with Gasteiger partial charge < -0.3 is 20.9 Å². The van der Waals surface area contributed by atoms with E-state index in [0.29, 0.717) is 46.7 Å². The summed E-state index contributed by atoms with van der Waals surface area (Å²) >= 11 is 0. The minimum Gasteiger partial charge on any atom is -0.368 e. The number of fused-ring (bicyclic) bond motifs is 2. The van der Waals surface area contributed by atoms with Gasteiger partial charge in [0.25, 0.3) is 5.91 Å². The number of carbonyl (C=O) groups excluding carboxylic acids is 1. The number of anilines is 3. The number of hydrogen-bond donors (Lipinski definition) is 3. The van der Waals surface area contributed by atoms with Gasteiger partial charge in [-0.1, -0.05) is 0 Å². The number of amides is 1. The molecule has 1 aliphatic heterocycles. The van der Waals surface area contributed by atoms with E-state index in [9.17, 15) is 9.18 Å². The first-order chi connectivity index (χ1) is 19.2. The number of aromatic nitrogens is 6. The van der Waals surface area contributed by atoms with Crippen molar-refractivity contribution in [1.82, 2.24) is 34.8 Å². The number of piperazine rings is 1. The Morgan fingerprint density at radius 1 is 1.07 bits per heavy atom. The van der Waals surface area contributed by atoms with Crippen molar-refractivity contribution in [3.63, 3.8) is 0 Å². The Bertz CT molecular complexity index is 1720. The summed E-state index contributed by atoms with van der Waals surface area (Å²) in [6.07, 6.45) is 5.34. The molecule has 0 radical (unpaired) electrons. The molecule has 3 N–H and O–H groups in total. The first kappa shape index (κ1) is 25.7. The highest BCUT2D eigenvalue weighted by atomic mass is 19.1. The summed E-state index contributed by atoms with van der Waals surface area (Å²) in [4.78, 5) is 25.2. The van der Waals surface area contributed by atoms with Gasteiger partial charge in [0.2, 0.25) is 5.95 Å². The molecular formula is C28H31FN10O. The normalized spacial score (nSPS) is 17.5. The fourth-order valence-electron chi connectivity index (χ4n) is 5.38. The predicted molar refractivity (Wildman–Crippen MR) is 153 cm³/mol. The monoisotopic (exact) mass is 542 g/mol. The van der Waals surface area contributed by atoms with E-state index in [-0.39, 0.29) is 5.52 Å². The average molecular weight is 543 g/mol. The van der Waals surface area contributed by atoms with Gasteiger partial charge in [0, 0.05) is 80.0 Å². The van der Waals surface area contributed by atoms with Crippen LogP contribution in [0.4, 0.5) is 21.7 Å². The Hall–Kier alpha value is -4.58. The number of hydrogen-bond acceptors (Lipinski definition) is 8. The highest BCUT2D eigenvalue weighted by Crippen LogP contribution is 2.31. The summed E-state index contributed by atoms with van der Waals surface area (Å²) < 4.78 is 18.0. The predicted octanol–water partition coefficient (Wildman–Crippen LogP) is 3.44. The lowest BCUT2D eigenvalue weighted by Crippen LogP contribution is -2.54. The molecule has 0 spiro atoms. The molecule has 1 aliphatic rings. The molecule has 1 fully saturated rings. The molecule has 11 nitrogen and oxygen atoms in total. The molecule has 3 aromatic heterocycles. The molecule has 4 heterocycles. The molecule has 6 rings (SSSR count). The second kappa shape index (κ2) is 10.2. The molecule has 2 aromatic carbocycles. The van der Waals surface area contributed by atoms with E-state index >= 15 is 0 Å². The van der Waals surface area contributed by atoms with Crippen molar-refractivity contribution < 1.29 is 9.18 Å². The molecule has 5 aromatic rings. The van der Waals surface area contributed by atoms with Crippen LogP contribution in [0.15, 0.2) is 48.9 Å². The second-order valence-corrected chi connectivity index (χ2v) is 10.4. The Labute approximate surface area is 230 Å². The number of nitrogens with zero attached hydrogens (tertiary/aromatic N) is 7. The maximum absolute atomic E-state index is 14.7. The third-order valence-corrected chi connectivity index (χ3v) is 7.00. The fourth-order valence-corrected chi connectivity index (χ4v) is 5.38. The molecule has 0 saturated carbocycles. The zero-order chi connectivity index (χ0) is 28.0. The number of nitrogens with one attached hydrogen (secondary N) is 3. The minimum atomic E-state index is -0.501. The van der Waals surface area contributed by atoms with E-state index in [1.807, 2.05) is 25.4 Å². The van der Waals surface area contributed by atoms with E-state index in [4.69, 9.17) is 4.98 Å². The summed E-state index contributed by atoms with van der Waals surface area (Å²) in [6.45, 7) is 6.37. The zero-order valence-electron chi connectivity index (χ0n) is 22.8. The standard InChI is InChI=1S/C28H31FN10O/c1-16-13-39(14-17(2)32-16)24-6-5-21(27(40)33-20-9-18-15-38(4)36-25(18)23(29)10-20)26-22(24)12-31-28(34-26)30-11-19-7-8-37(3)35-19/h5-10,12,15-17,32H,11,13-14H2,1-4H3,(H,33,40)(H,30,31,34)/t16-,17+. The van der Waals surface area contributed by atoms with Crippen LogP contribution in [-0.4, -0.2) is 60.6 Å². The Kier molecular flexibility index (Phi) is 6.54. The lowest BCUT2D eigenvalue weighted by molar-refractivity contribution is 0.102. The maximum atomic E-state index is 14.7. The lowest BCUT2D eigenvalue weighted by Gasteiger charge is -2.38. The van der Waals surface area contributed by atoms with Gasteiger partial charge in [0.1, 0.15) is 5.52 Å². The van der Waals surface area contributed by atoms with E-state index in [0.717, 1.165) is 29.9 Å². The van der Waals surface area contributed by atoms with Gasteiger partial charge in [0.15, 0.2) is 5.82 Å². The molecule has 12 heteroatoms. The van der Waals surface area contributed by atoms with E-state index in [1.54, 1.807) is 40.9 Å². The van der Waals surface area contributed by atoms with Crippen LogP contribution in [0.25, 0.3) is 21.8 Å². The summed E-state index contributed by atoms with van der Waals surface area (Å²) in [5.41, 5.74) is 3.28. The maximum Gasteiger partial charge on any atom is 0.257 e. The fraction of sp³-hybridized carbons (Fsp3) is 0.321.